The zero-order valence-electron chi connectivity index (χ0n) is 17.5. The molecule has 0 saturated carbocycles. The molecule has 2 amide bonds. The Bertz CT molecular complexity index is 1450. The maximum Gasteiger partial charge on any atom is 0.261 e. The maximum absolute atomic E-state index is 13.1. The smallest absolute Gasteiger partial charge is 0.261 e. The topological polar surface area (TPSA) is 123 Å². The number of aromatic nitrogens is 3. The summed E-state index contributed by atoms with van der Waals surface area (Å²) in [5.41, 5.74) is 2.29. The number of imide groups is 1. The first-order valence-corrected chi connectivity index (χ1v) is 11.5. The summed E-state index contributed by atoms with van der Waals surface area (Å²) in [4.78, 5) is 41.7. The van der Waals surface area contributed by atoms with Gasteiger partial charge in [-0.2, -0.15) is 0 Å². The standard InChI is InChI=1S/C23H20N6O3S/c30-11-12-9-24-6-7-29(12)23-26-16-4-2-1-3-14(16)19(27-23)18-17(20(31)28-21(18)32)15-10-25-22-13(15)5-8-33-22/h1-5,8,10,12,24-25,30H,6-7,9,11H2,(H,28,31,32). The predicted molar refractivity (Wildman–Crippen MR) is 127 cm³/mol. The van der Waals surface area contributed by atoms with E-state index >= 15 is 0 Å². The molecule has 1 fully saturated rings. The van der Waals surface area contributed by atoms with Gasteiger partial charge in [0.05, 0.1) is 35.0 Å². The number of aliphatic hydroxyl groups is 1. The van der Waals surface area contributed by atoms with E-state index in [1.54, 1.807) is 6.20 Å². The quantitative estimate of drug-likeness (QED) is 0.341. The lowest BCUT2D eigenvalue weighted by atomic mass is 9.97. The van der Waals surface area contributed by atoms with Crippen LogP contribution in [0.25, 0.3) is 32.3 Å². The van der Waals surface area contributed by atoms with Gasteiger partial charge in [-0.05, 0) is 17.5 Å². The number of H-pyrrole nitrogens is 1. The van der Waals surface area contributed by atoms with Gasteiger partial charge in [0.1, 0.15) is 4.83 Å². The van der Waals surface area contributed by atoms with Crippen LogP contribution < -0.4 is 15.5 Å². The largest absolute Gasteiger partial charge is 0.394 e. The number of para-hydroxylation sites is 1. The Morgan fingerprint density at radius 2 is 1.94 bits per heavy atom. The minimum Gasteiger partial charge on any atom is -0.394 e. The summed E-state index contributed by atoms with van der Waals surface area (Å²) in [6.45, 7) is 1.90. The van der Waals surface area contributed by atoms with Crippen LogP contribution in [0.5, 0.6) is 0 Å². The molecule has 9 nitrogen and oxygen atoms in total. The normalized spacial score (nSPS) is 19.2. The lowest BCUT2D eigenvalue weighted by molar-refractivity contribution is -0.122. The molecule has 2 aliphatic rings. The molecule has 2 aliphatic heterocycles. The third-order valence-electron chi connectivity index (χ3n) is 6.15. The number of hydrogen-bond donors (Lipinski definition) is 4. The number of fused-ring (bicyclic) bond motifs is 2. The van der Waals surface area contributed by atoms with Crippen molar-refractivity contribution in [3.63, 3.8) is 0 Å². The maximum atomic E-state index is 13.1. The van der Waals surface area contributed by atoms with Crippen LogP contribution in [-0.2, 0) is 9.59 Å². The summed E-state index contributed by atoms with van der Waals surface area (Å²) < 4.78 is 0. The number of anilines is 1. The monoisotopic (exact) mass is 460 g/mol. The molecule has 166 valence electrons. The Hall–Kier alpha value is -3.60. The second-order valence-corrected chi connectivity index (χ2v) is 8.94. The van der Waals surface area contributed by atoms with Crippen LogP contribution in [-0.4, -0.2) is 64.2 Å². The van der Waals surface area contributed by atoms with Crippen LogP contribution >= 0.6 is 11.3 Å². The number of hydrogen-bond acceptors (Lipinski definition) is 8. The van der Waals surface area contributed by atoms with Crippen molar-refractivity contribution in [1.29, 1.82) is 0 Å². The number of aromatic amines is 1. The van der Waals surface area contributed by atoms with Crippen LogP contribution in [0, 0.1) is 0 Å². The molecule has 6 rings (SSSR count). The van der Waals surface area contributed by atoms with E-state index in [0.717, 1.165) is 16.8 Å². The van der Waals surface area contributed by atoms with Gasteiger partial charge in [-0.25, -0.2) is 9.97 Å². The van der Waals surface area contributed by atoms with Crippen molar-refractivity contribution in [3.05, 3.63) is 53.2 Å². The molecule has 1 unspecified atom stereocenters. The SMILES string of the molecule is O=C1NC(=O)C(c2c[nH]c3sccc23)=C1c1nc(N2CCNCC2CO)nc2ccccc12. The molecule has 33 heavy (non-hydrogen) atoms. The molecule has 10 heteroatoms. The minimum absolute atomic E-state index is 0.0507. The number of carbonyl (C=O) groups is 2. The molecule has 4 N–H and O–H groups in total. The molecule has 5 heterocycles. The van der Waals surface area contributed by atoms with Gasteiger partial charge in [0.2, 0.25) is 5.95 Å². The van der Waals surface area contributed by atoms with Gasteiger partial charge in [0.25, 0.3) is 11.8 Å². The van der Waals surface area contributed by atoms with Crippen LogP contribution in [0.2, 0.25) is 0 Å². The molecule has 1 saturated heterocycles. The van der Waals surface area contributed by atoms with Gasteiger partial charge < -0.3 is 20.3 Å². The van der Waals surface area contributed by atoms with E-state index in [0.29, 0.717) is 46.8 Å². The Balaban J connectivity index is 1.62. The summed E-state index contributed by atoms with van der Waals surface area (Å²) in [6, 6.07) is 9.20. The van der Waals surface area contributed by atoms with Crippen molar-refractivity contribution in [2.45, 2.75) is 6.04 Å². The lowest BCUT2D eigenvalue weighted by Gasteiger charge is -2.35. The highest BCUT2D eigenvalue weighted by Crippen LogP contribution is 2.38. The average molecular weight is 461 g/mol. The number of piperazine rings is 1. The van der Waals surface area contributed by atoms with E-state index in [2.05, 4.69) is 15.6 Å². The highest BCUT2D eigenvalue weighted by Gasteiger charge is 2.36. The number of thiophene rings is 1. The number of amides is 2. The summed E-state index contributed by atoms with van der Waals surface area (Å²) in [6.07, 6.45) is 1.76. The van der Waals surface area contributed by atoms with Crippen LogP contribution in [0.4, 0.5) is 5.95 Å². The highest BCUT2D eigenvalue weighted by atomic mass is 32.1. The van der Waals surface area contributed by atoms with E-state index in [4.69, 9.17) is 9.97 Å². The first kappa shape index (κ1) is 20.0. The van der Waals surface area contributed by atoms with E-state index < -0.39 is 11.8 Å². The van der Waals surface area contributed by atoms with Crippen molar-refractivity contribution < 1.29 is 14.7 Å². The van der Waals surface area contributed by atoms with Crippen molar-refractivity contribution in [2.24, 2.45) is 0 Å². The van der Waals surface area contributed by atoms with Crippen LogP contribution in [0.3, 0.4) is 0 Å². The zero-order valence-corrected chi connectivity index (χ0v) is 18.3. The summed E-state index contributed by atoms with van der Waals surface area (Å²) in [5.74, 6) is -0.492. The van der Waals surface area contributed by atoms with Gasteiger partial charge in [-0.3, -0.25) is 14.9 Å². The third-order valence-corrected chi connectivity index (χ3v) is 7.00. The average Bonchev–Trinajstić information content (AvgIpc) is 3.53. The van der Waals surface area contributed by atoms with E-state index in [9.17, 15) is 14.7 Å². The number of rotatable bonds is 4. The first-order chi connectivity index (χ1) is 16.2. The number of nitrogens with one attached hydrogen (secondary N) is 3. The Morgan fingerprint density at radius 1 is 1.09 bits per heavy atom. The molecular formula is C23H20N6O3S. The third kappa shape index (κ3) is 3.14. The van der Waals surface area contributed by atoms with Crippen molar-refractivity contribution in [3.8, 4) is 0 Å². The first-order valence-electron chi connectivity index (χ1n) is 10.7. The Kier molecular flexibility index (Phi) is 4.72. The molecule has 0 bridgehead atoms. The van der Waals surface area contributed by atoms with Crippen LogP contribution in [0.1, 0.15) is 11.3 Å². The molecule has 1 aromatic carbocycles. The number of carbonyl (C=O) groups excluding carboxylic acids is 2. The number of nitrogens with zero attached hydrogens (tertiary/aromatic N) is 3. The molecule has 0 radical (unpaired) electrons. The fraction of sp³-hybridized carbons (Fsp3) is 0.217. The second kappa shape index (κ2) is 7.77. The predicted octanol–water partition coefficient (Wildman–Crippen LogP) is 1.51. The van der Waals surface area contributed by atoms with E-state index in [1.807, 2.05) is 40.6 Å². The lowest BCUT2D eigenvalue weighted by Crippen LogP contribution is -2.53. The molecule has 1 atom stereocenters. The van der Waals surface area contributed by atoms with Gasteiger partial charge in [-0.1, -0.05) is 18.2 Å². The summed E-state index contributed by atoms with van der Waals surface area (Å²) in [5, 5.41) is 19.1. The minimum atomic E-state index is -0.478. The second-order valence-electron chi connectivity index (χ2n) is 8.02. The van der Waals surface area contributed by atoms with Gasteiger partial charge >= 0.3 is 0 Å². The molecule has 0 spiro atoms. The van der Waals surface area contributed by atoms with Crippen molar-refractivity contribution >= 4 is 61.4 Å². The Morgan fingerprint density at radius 3 is 2.82 bits per heavy atom. The van der Waals surface area contributed by atoms with Crippen LogP contribution in [0.15, 0.2) is 41.9 Å². The van der Waals surface area contributed by atoms with Gasteiger partial charge in [-0.15, -0.1) is 11.3 Å². The zero-order chi connectivity index (χ0) is 22.5. The van der Waals surface area contributed by atoms with Crippen molar-refractivity contribution in [2.75, 3.05) is 31.1 Å². The van der Waals surface area contributed by atoms with Crippen molar-refractivity contribution in [1.82, 2.24) is 25.6 Å². The molecular weight excluding hydrogens is 440 g/mol. The highest BCUT2D eigenvalue weighted by molar-refractivity contribution is 7.16. The van der Waals surface area contributed by atoms with E-state index in [1.165, 1.54) is 11.3 Å². The van der Waals surface area contributed by atoms with Gasteiger partial charge in [0, 0.05) is 42.2 Å². The summed E-state index contributed by atoms with van der Waals surface area (Å²) >= 11 is 1.54. The van der Waals surface area contributed by atoms with Gasteiger partial charge in [0.15, 0.2) is 0 Å². The summed E-state index contributed by atoms with van der Waals surface area (Å²) in [7, 11) is 0. The molecule has 0 aliphatic carbocycles. The fourth-order valence-electron chi connectivity index (χ4n) is 4.56. The van der Waals surface area contributed by atoms with E-state index in [-0.39, 0.29) is 18.2 Å². The number of aliphatic hydroxyl groups excluding tert-OH is 1. The Labute approximate surface area is 192 Å². The fourth-order valence-corrected chi connectivity index (χ4v) is 5.34. The number of benzene rings is 1. The molecule has 4 aromatic rings. The molecule has 3 aromatic heterocycles.